The van der Waals surface area contributed by atoms with E-state index >= 15 is 0 Å². The van der Waals surface area contributed by atoms with Crippen molar-refractivity contribution in [2.24, 2.45) is 0 Å². The standard InChI is InChI=1S/C22H23N3O2S/c1-14(2)17-7-9-18(10-8-17)22-25-20(13-28-22)21(27)23-12-16-5-4-6-19(11-16)24-15(3)26/h4-11,13-14H,12H2,1-3H3,(H,23,27)(H,24,26). The molecule has 0 radical (unpaired) electrons. The molecule has 0 fully saturated rings. The van der Waals surface area contributed by atoms with Crippen LogP contribution >= 0.6 is 11.3 Å². The van der Waals surface area contributed by atoms with Gasteiger partial charge in [-0.05, 0) is 29.2 Å². The molecule has 5 nitrogen and oxygen atoms in total. The number of benzene rings is 2. The second-order valence-electron chi connectivity index (χ2n) is 6.88. The fourth-order valence-electron chi connectivity index (χ4n) is 2.76. The largest absolute Gasteiger partial charge is 0.347 e. The van der Waals surface area contributed by atoms with Crippen LogP contribution in [-0.4, -0.2) is 16.8 Å². The van der Waals surface area contributed by atoms with Gasteiger partial charge in [-0.3, -0.25) is 9.59 Å². The first kappa shape index (κ1) is 19.8. The minimum atomic E-state index is -0.216. The van der Waals surface area contributed by atoms with Crippen LogP contribution in [0.3, 0.4) is 0 Å². The Morgan fingerprint density at radius 1 is 1.11 bits per heavy atom. The van der Waals surface area contributed by atoms with E-state index in [9.17, 15) is 9.59 Å². The highest BCUT2D eigenvalue weighted by atomic mass is 32.1. The number of aromatic nitrogens is 1. The van der Waals surface area contributed by atoms with Crippen LogP contribution in [0.2, 0.25) is 0 Å². The van der Waals surface area contributed by atoms with Crippen molar-refractivity contribution in [1.82, 2.24) is 10.3 Å². The summed E-state index contributed by atoms with van der Waals surface area (Å²) in [6, 6.07) is 15.7. The number of hydrogen-bond acceptors (Lipinski definition) is 4. The molecule has 0 unspecified atom stereocenters. The highest BCUT2D eigenvalue weighted by molar-refractivity contribution is 7.13. The van der Waals surface area contributed by atoms with Crippen molar-refractivity contribution in [3.63, 3.8) is 0 Å². The molecule has 144 valence electrons. The minimum Gasteiger partial charge on any atom is -0.347 e. The Bertz CT molecular complexity index is 977. The Labute approximate surface area is 168 Å². The lowest BCUT2D eigenvalue weighted by atomic mass is 10.0. The zero-order chi connectivity index (χ0) is 20.1. The van der Waals surface area contributed by atoms with Crippen molar-refractivity contribution >= 4 is 28.8 Å². The van der Waals surface area contributed by atoms with Gasteiger partial charge in [0.05, 0.1) is 0 Å². The number of nitrogens with zero attached hydrogens (tertiary/aromatic N) is 1. The lowest BCUT2D eigenvalue weighted by Gasteiger charge is -2.07. The molecule has 2 N–H and O–H groups in total. The summed E-state index contributed by atoms with van der Waals surface area (Å²) in [7, 11) is 0. The second-order valence-corrected chi connectivity index (χ2v) is 7.74. The Morgan fingerprint density at radius 3 is 2.54 bits per heavy atom. The molecule has 2 aromatic carbocycles. The normalized spacial score (nSPS) is 10.7. The van der Waals surface area contributed by atoms with Crippen molar-refractivity contribution in [2.45, 2.75) is 33.2 Å². The monoisotopic (exact) mass is 393 g/mol. The fourth-order valence-corrected chi connectivity index (χ4v) is 3.56. The second kappa shape index (κ2) is 8.80. The van der Waals surface area contributed by atoms with Gasteiger partial charge in [0.1, 0.15) is 10.7 Å². The summed E-state index contributed by atoms with van der Waals surface area (Å²) in [6.45, 7) is 6.15. The molecule has 0 aliphatic carbocycles. The molecule has 3 rings (SSSR count). The van der Waals surface area contributed by atoms with Crippen LogP contribution in [0.1, 0.15) is 48.3 Å². The summed E-state index contributed by atoms with van der Waals surface area (Å²) in [5.41, 5.74) is 4.31. The average Bonchev–Trinajstić information content (AvgIpc) is 3.16. The molecule has 6 heteroatoms. The van der Waals surface area contributed by atoms with Gasteiger partial charge in [0.25, 0.3) is 5.91 Å². The Balaban J connectivity index is 1.63. The van der Waals surface area contributed by atoms with Crippen molar-refractivity contribution in [3.05, 3.63) is 70.7 Å². The summed E-state index contributed by atoms with van der Waals surface area (Å²) in [5, 5.41) is 8.21. The number of thiazole rings is 1. The molecule has 2 amide bonds. The van der Waals surface area contributed by atoms with Gasteiger partial charge in [0.15, 0.2) is 0 Å². The van der Waals surface area contributed by atoms with Crippen molar-refractivity contribution in [1.29, 1.82) is 0 Å². The number of carbonyl (C=O) groups excluding carboxylic acids is 2. The van der Waals surface area contributed by atoms with E-state index in [4.69, 9.17) is 0 Å². The maximum absolute atomic E-state index is 12.4. The van der Waals surface area contributed by atoms with Crippen LogP contribution in [0.5, 0.6) is 0 Å². The van der Waals surface area contributed by atoms with Gasteiger partial charge in [0.2, 0.25) is 5.91 Å². The van der Waals surface area contributed by atoms with E-state index in [1.807, 2.05) is 36.4 Å². The van der Waals surface area contributed by atoms with E-state index in [1.54, 1.807) is 5.38 Å². The maximum atomic E-state index is 12.4. The first-order valence-corrected chi connectivity index (χ1v) is 10.0. The number of nitrogens with one attached hydrogen (secondary N) is 2. The van der Waals surface area contributed by atoms with E-state index < -0.39 is 0 Å². The van der Waals surface area contributed by atoms with Gasteiger partial charge in [0, 0.05) is 30.1 Å². The molecular formula is C22H23N3O2S. The average molecular weight is 394 g/mol. The predicted octanol–water partition coefficient (Wildman–Crippen LogP) is 4.82. The van der Waals surface area contributed by atoms with Gasteiger partial charge in [-0.25, -0.2) is 4.98 Å². The smallest absolute Gasteiger partial charge is 0.271 e. The summed E-state index contributed by atoms with van der Waals surface area (Å²) < 4.78 is 0. The molecule has 0 aliphatic rings. The maximum Gasteiger partial charge on any atom is 0.271 e. The summed E-state index contributed by atoms with van der Waals surface area (Å²) in [5.74, 6) is 0.139. The molecule has 1 heterocycles. The number of carbonyl (C=O) groups is 2. The quantitative estimate of drug-likeness (QED) is 0.631. The number of rotatable bonds is 6. The fraction of sp³-hybridized carbons (Fsp3) is 0.227. The highest BCUT2D eigenvalue weighted by Crippen LogP contribution is 2.25. The van der Waals surface area contributed by atoms with Gasteiger partial charge >= 0.3 is 0 Å². The lowest BCUT2D eigenvalue weighted by molar-refractivity contribution is -0.114. The van der Waals surface area contributed by atoms with Crippen LogP contribution in [0.25, 0.3) is 10.6 Å². The number of amides is 2. The third kappa shape index (κ3) is 5.04. The summed E-state index contributed by atoms with van der Waals surface area (Å²) >= 11 is 1.46. The van der Waals surface area contributed by atoms with Gasteiger partial charge in [-0.1, -0.05) is 50.2 Å². The molecule has 28 heavy (non-hydrogen) atoms. The third-order valence-corrected chi connectivity index (χ3v) is 5.15. The predicted molar refractivity (Wildman–Crippen MR) is 114 cm³/mol. The zero-order valence-electron chi connectivity index (χ0n) is 16.2. The van der Waals surface area contributed by atoms with Crippen LogP contribution < -0.4 is 10.6 Å². The van der Waals surface area contributed by atoms with E-state index in [2.05, 4.69) is 41.6 Å². The molecule has 3 aromatic rings. The van der Waals surface area contributed by atoms with Crippen LogP contribution in [0.4, 0.5) is 5.69 Å². The molecule has 0 saturated carbocycles. The van der Waals surface area contributed by atoms with Crippen LogP contribution in [0, 0.1) is 0 Å². The molecular weight excluding hydrogens is 370 g/mol. The van der Waals surface area contributed by atoms with Gasteiger partial charge in [-0.15, -0.1) is 11.3 Å². The molecule has 0 bridgehead atoms. The van der Waals surface area contributed by atoms with Gasteiger partial charge < -0.3 is 10.6 Å². The van der Waals surface area contributed by atoms with Gasteiger partial charge in [-0.2, -0.15) is 0 Å². The first-order chi connectivity index (χ1) is 13.4. The molecule has 0 atom stereocenters. The molecule has 0 saturated heterocycles. The number of hydrogen-bond donors (Lipinski definition) is 2. The van der Waals surface area contributed by atoms with Crippen molar-refractivity contribution in [2.75, 3.05) is 5.32 Å². The van der Waals surface area contributed by atoms with E-state index in [1.165, 1.54) is 23.8 Å². The van der Waals surface area contributed by atoms with Crippen LogP contribution in [-0.2, 0) is 11.3 Å². The molecule has 0 spiro atoms. The Kier molecular flexibility index (Phi) is 6.21. The topological polar surface area (TPSA) is 71.1 Å². The third-order valence-electron chi connectivity index (χ3n) is 4.26. The highest BCUT2D eigenvalue weighted by Gasteiger charge is 2.12. The number of anilines is 1. The van der Waals surface area contributed by atoms with Crippen molar-refractivity contribution < 1.29 is 9.59 Å². The molecule has 0 aliphatic heterocycles. The first-order valence-electron chi connectivity index (χ1n) is 9.13. The lowest BCUT2D eigenvalue weighted by Crippen LogP contribution is -2.23. The molecule has 1 aromatic heterocycles. The van der Waals surface area contributed by atoms with E-state index in [0.29, 0.717) is 23.8 Å². The Morgan fingerprint density at radius 2 is 1.86 bits per heavy atom. The van der Waals surface area contributed by atoms with Crippen LogP contribution in [0.15, 0.2) is 53.9 Å². The Hall–Kier alpha value is -2.99. The van der Waals surface area contributed by atoms with E-state index in [-0.39, 0.29) is 11.8 Å². The van der Waals surface area contributed by atoms with E-state index in [0.717, 1.165) is 16.1 Å². The van der Waals surface area contributed by atoms with Crippen molar-refractivity contribution in [3.8, 4) is 10.6 Å². The zero-order valence-corrected chi connectivity index (χ0v) is 17.0. The summed E-state index contributed by atoms with van der Waals surface area (Å²) in [4.78, 5) is 28.1. The SMILES string of the molecule is CC(=O)Nc1cccc(CNC(=O)c2csc(-c3ccc(C(C)C)cc3)n2)c1. The minimum absolute atomic E-state index is 0.127. The summed E-state index contributed by atoms with van der Waals surface area (Å²) in [6.07, 6.45) is 0.